The van der Waals surface area contributed by atoms with Crippen molar-refractivity contribution in [3.8, 4) is 0 Å². The number of thiophene rings is 1. The number of carbonyl (C=O) groups is 2. The number of hydrogen-bond donors (Lipinski definition) is 1. The Bertz CT molecular complexity index is 913. The zero-order chi connectivity index (χ0) is 20.2. The van der Waals surface area contributed by atoms with Crippen molar-refractivity contribution in [3.05, 3.63) is 62.1 Å². The third-order valence-corrected chi connectivity index (χ3v) is 7.98. The monoisotopic (exact) mass is 446 g/mol. The van der Waals surface area contributed by atoms with Gasteiger partial charge in [0.25, 0.3) is 5.91 Å². The van der Waals surface area contributed by atoms with E-state index in [1.54, 1.807) is 28.0 Å². The Morgan fingerprint density at radius 2 is 2.03 bits per heavy atom. The van der Waals surface area contributed by atoms with Gasteiger partial charge in [0.05, 0.1) is 11.4 Å². The molecule has 2 amide bonds. The number of halogens is 1. The van der Waals surface area contributed by atoms with Crippen molar-refractivity contribution in [2.45, 2.75) is 43.5 Å². The lowest BCUT2D eigenvalue weighted by atomic mass is 9.93. The number of nitrogens with zero attached hydrogens (tertiary/aromatic N) is 1. The summed E-state index contributed by atoms with van der Waals surface area (Å²) in [5, 5.41) is 5.90. The summed E-state index contributed by atoms with van der Waals surface area (Å²) >= 11 is 9.56. The van der Waals surface area contributed by atoms with Crippen LogP contribution in [0, 0.1) is 0 Å². The molecule has 1 aliphatic carbocycles. The quantitative estimate of drug-likeness (QED) is 0.661. The normalized spacial score (nSPS) is 23.1. The molecule has 1 saturated carbocycles. The number of nitrogens with one attached hydrogen (secondary N) is 1. The average molecular weight is 447 g/mol. The lowest BCUT2D eigenvalue weighted by Crippen LogP contribution is -2.54. The van der Waals surface area contributed by atoms with Crippen molar-refractivity contribution in [2.24, 2.45) is 0 Å². The fraction of sp³-hybridized carbons (Fsp3) is 0.364. The predicted octanol–water partition coefficient (Wildman–Crippen LogP) is 4.95. The maximum absolute atomic E-state index is 13.3. The molecule has 2 atom stereocenters. The first-order valence-electron chi connectivity index (χ1n) is 9.85. The molecule has 0 radical (unpaired) electrons. The van der Waals surface area contributed by atoms with E-state index in [1.807, 2.05) is 47.9 Å². The summed E-state index contributed by atoms with van der Waals surface area (Å²) in [4.78, 5) is 29.4. The molecule has 0 spiro atoms. The van der Waals surface area contributed by atoms with Gasteiger partial charge in [-0.05, 0) is 42.0 Å². The van der Waals surface area contributed by atoms with Crippen molar-refractivity contribution in [2.75, 3.05) is 6.54 Å². The largest absolute Gasteiger partial charge is 0.350 e. The van der Waals surface area contributed by atoms with Crippen LogP contribution in [-0.2, 0) is 16.1 Å². The molecule has 0 bridgehead atoms. The van der Waals surface area contributed by atoms with Crippen molar-refractivity contribution < 1.29 is 9.59 Å². The van der Waals surface area contributed by atoms with Crippen LogP contribution in [-0.4, -0.2) is 34.6 Å². The Hall–Kier alpha value is -1.76. The Kier molecular flexibility index (Phi) is 6.63. The topological polar surface area (TPSA) is 49.4 Å². The number of rotatable bonds is 5. The minimum atomic E-state index is -0.111. The molecule has 2 unspecified atom stereocenters. The smallest absolute Gasteiger partial charge is 0.261 e. The van der Waals surface area contributed by atoms with E-state index < -0.39 is 0 Å². The predicted molar refractivity (Wildman–Crippen MR) is 121 cm³/mol. The SMILES string of the molecule is O=C(CN1C(=O)/C(=C\c2ccccc2Cl)SC2CCCCC21)NCc1cccs1. The summed E-state index contributed by atoms with van der Waals surface area (Å²) in [5.41, 5.74) is 0.835. The standard InChI is InChI=1S/C22H23ClN2O2S2/c23-17-8-2-1-6-15(17)12-20-22(27)25(18-9-3-4-10-19(18)29-20)14-21(26)24-13-16-7-5-11-28-16/h1-2,5-8,11-12,18-19H,3-4,9-10,13-14H2,(H,24,26)/b20-12+. The Balaban J connectivity index is 1.52. The van der Waals surface area contributed by atoms with Crippen molar-refractivity contribution in [1.29, 1.82) is 0 Å². The highest BCUT2D eigenvalue weighted by atomic mass is 35.5. The summed E-state index contributed by atoms with van der Waals surface area (Å²) in [6, 6.07) is 11.6. The lowest BCUT2D eigenvalue weighted by molar-refractivity contribution is -0.135. The molecular weight excluding hydrogens is 424 g/mol. The first-order chi connectivity index (χ1) is 14.1. The van der Waals surface area contributed by atoms with Crippen LogP contribution in [0.25, 0.3) is 6.08 Å². The summed E-state index contributed by atoms with van der Waals surface area (Å²) in [6.07, 6.45) is 6.17. The number of hydrogen-bond acceptors (Lipinski definition) is 4. The molecule has 4 nitrogen and oxygen atoms in total. The second-order valence-electron chi connectivity index (χ2n) is 7.33. The van der Waals surface area contributed by atoms with Crippen LogP contribution < -0.4 is 5.32 Å². The van der Waals surface area contributed by atoms with Gasteiger partial charge in [0.1, 0.15) is 6.54 Å². The highest BCUT2D eigenvalue weighted by Gasteiger charge is 2.41. The minimum Gasteiger partial charge on any atom is -0.350 e. The van der Waals surface area contributed by atoms with E-state index in [2.05, 4.69) is 5.32 Å². The fourth-order valence-electron chi connectivity index (χ4n) is 3.90. The highest BCUT2D eigenvalue weighted by Crippen LogP contribution is 2.42. The number of benzene rings is 1. The first-order valence-corrected chi connectivity index (χ1v) is 12.0. The van der Waals surface area contributed by atoms with Gasteiger partial charge in [-0.15, -0.1) is 23.1 Å². The summed E-state index contributed by atoms with van der Waals surface area (Å²) in [6.45, 7) is 0.607. The van der Waals surface area contributed by atoms with Crippen molar-refractivity contribution in [3.63, 3.8) is 0 Å². The van der Waals surface area contributed by atoms with Crippen LogP contribution in [0.15, 0.2) is 46.7 Å². The third kappa shape index (κ3) is 4.87. The minimum absolute atomic E-state index is 0.0654. The summed E-state index contributed by atoms with van der Waals surface area (Å²) in [5.74, 6) is -0.176. The van der Waals surface area contributed by atoms with Gasteiger partial charge in [-0.3, -0.25) is 9.59 Å². The van der Waals surface area contributed by atoms with Crippen LogP contribution in [0.2, 0.25) is 5.02 Å². The molecular formula is C22H23ClN2O2S2. The Morgan fingerprint density at radius 3 is 2.83 bits per heavy atom. The molecule has 2 aliphatic rings. The van der Waals surface area contributed by atoms with Gasteiger partial charge in [-0.25, -0.2) is 0 Å². The Morgan fingerprint density at radius 1 is 1.21 bits per heavy atom. The van der Waals surface area contributed by atoms with Crippen LogP contribution >= 0.6 is 34.7 Å². The molecule has 1 aliphatic heterocycles. The van der Waals surface area contributed by atoms with E-state index in [-0.39, 0.29) is 24.4 Å². The van der Waals surface area contributed by atoms with Gasteiger partial charge in [-0.2, -0.15) is 0 Å². The number of fused-ring (bicyclic) bond motifs is 1. The van der Waals surface area contributed by atoms with Gasteiger partial charge in [0, 0.05) is 21.2 Å². The molecule has 1 aromatic carbocycles. The molecule has 29 heavy (non-hydrogen) atoms. The molecule has 2 aromatic rings. The van der Waals surface area contributed by atoms with E-state index in [1.165, 1.54) is 6.42 Å². The van der Waals surface area contributed by atoms with Gasteiger partial charge in [-0.1, -0.05) is 48.7 Å². The molecule has 152 valence electrons. The average Bonchev–Trinajstić information content (AvgIpc) is 3.25. The van der Waals surface area contributed by atoms with E-state index in [0.717, 1.165) is 29.7 Å². The summed E-state index contributed by atoms with van der Waals surface area (Å²) < 4.78 is 0. The van der Waals surface area contributed by atoms with Crippen molar-refractivity contribution in [1.82, 2.24) is 10.2 Å². The van der Waals surface area contributed by atoms with Crippen LogP contribution in [0.5, 0.6) is 0 Å². The van der Waals surface area contributed by atoms with E-state index >= 15 is 0 Å². The molecule has 1 N–H and O–H groups in total. The number of carbonyl (C=O) groups excluding carboxylic acids is 2. The fourth-order valence-corrected chi connectivity index (χ4v) is 6.20. The zero-order valence-corrected chi connectivity index (χ0v) is 18.4. The maximum Gasteiger partial charge on any atom is 0.261 e. The van der Waals surface area contributed by atoms with Crippen LogP contribution in [0.1, 0.15) is 36.1 Å². The maximum atomic E-state index is 13.3. The summed E-state index contributed by atoms with van der Waals surface area (Å²) in [7, 11) is 0. The molecule has 4 rings (SSSR count). The highest BCUT2D eigenvalue weighted by molar-refractivity contribution is 8.04. The molecule has 2 fully saturated rings. The molecule has 7 heteroatoms. The van der Waals surface area contributed by atoms with Crippen molar-refractivity contribution >= 4 is 52.6 Å². The van der Waals surface area contributed by atoms with Crippen LogP contribution in [0.4, 0.5) is 0 Å². The van der Waals surface area contributed by atoms with Gasteiger partial charge >= 0.3 is 0 Å². The second-order valence-corrected chi connectivity index (χ2v) is 10.0. The van der Waals surface area contributed by atoms with E-state index in [0.29, 0.717) is 21.7 Å². The zero-order valence-electron chi connectivity index (χ0n) is 16.0. The first kappa shape index (κ1) is 20.5. The van der Waals surface area contributed by atoms with Gasteiger partial charge in [0.2, 0.25) is 5.91 Å². The molecule has 2 heterocycles. The molecule has 1 aromatic heterocycles. The lowest BCUT2D eigenvalue weighted by Gasteiger charge is -2.43. The van der Waals surface area contributed by atoms with Crippen LogP contribution in [0.3, 0.4) is 0 Å². The molecule has 1 saturated heterocycles. The van der Waals surface area contributed by atoms with Gasteiger partial charge < -0.3 is 10.2 Å². The second kappa shape index (κ2) is 9.37. The number of thioether (sulfide) groups is 1. The third-order valence-electron chi connectivity index (χ3n) is 5.36. The van der Waals surface area contributed by atoms with Gasteiger partial charge in [0.15, 0.2) is 0 Å². The Labute approximate surface area is 184 Å². The number of amides is 2. The van der Waals surface area contributed by atoms with E-state index in [9.17, 15) is 9.59 Å². The van der Waals surface area contributed by atoms with E-state index in [4.69, 9.17) is 11.6 Å².